The van der Waals surface area contributed by atoms with Gasteiger partial charge in [-0.2, -0.15) is 0 Å². The molecule has 0 saturated heterocycles. The van der Waals surface area contributed by atoms with E-state index in [0.717, 1.165) is 16.7 Å². The van der Waals surface area contributed by atoms with Crippen LogP contribution in [0, 0.1) is 5.92 Å². The van der Waals surface area contributed by atoms with Gasteiger partial charge in [-0.05, 0) is 46.7 Å². The zero-order valence-electron chi connectivity index (χ0n) is 23.6. The zero-order valence-corrected chi connectivity index (χ0v) is 23.6. The SMILES string of the molecule is CC(=O)N[C@@H](CC(C)C)C(=O)N[C@@H](Cc1ccc(O)cc1)C(=O)N[C@@H](Cc1ccc(-c2ccccc2)cc1)C(N)=O. The van der Waals surface area contributed by atoms with Crippen molar-refractivity contribution in [2.45, 2.75) is 58.2 Å². The monoisotopic (exact) mass is 558 g/mol. The molecule has 0 bridgehead atoms. The summed E-state index contributed by atoms with van der Waals surface area (Å²) < 4.78 is 0. The van der Waals surface area contributed by atoms with Crippen LogP contribution in [-0.2, 0) is 32.0 Å². The van der Waals surface area contributed by atoms with E-state index in [9.17, 15) is 24.3 Å². The average Bonchev–Trinajstić information content (AvgIpc) is 2.93. The van der Waals surface area contributed by atoms with Crippen LogP contribution in [0.3, 0.4) is 0 Å². The maximum Gasteiger partial charge on any atom is 0.243 e. The highest BCUT2D eigenvalue weighted by molar-refractivity contribution is 5.94. The first-order valence-electron chi connectivity index (χ1n) is 13.6. The van der Waals surface area contributed by atoms with Gasteiger partial charge in [0.1, 0.15) is 23.9 Å². The Morgan fingerprint density at radius 1 is 0.683 bits per heavy atom. The summed E-state index contributed by atoms with van der Waals surface area (Å²) in [6.45, 7) is 5.17. The third-order valence-electron chi connectivity index (χ3n) is 6.57. The Bertz CT molecular complexity index is 1320. The van der Waals surface area contributed by atoms with Crippen LogP contribution in [-0.4, -0.2) is 46.9 Å². The Labute approximate surface area is 240 Å². The number of amides is 4. The number of nitrogens with one attached hydrogen (secondary N) is 3. The number of primary amides is 1. The van der Waals surface area contributed by atoms with Gasteiger partial charge < -0.3 is 26.8 Å². The quantitative estimate of drug-likeness (QED) is 0.219. The molecule has 0 aromatic heterocycles. The number of nitrogens with two attached hydrogens (primary N) is 1. The molecule has 3 aromatic rings. The lowest BCUT2D eigenvalue weighted by molar-refractivity contribution is -0.133. The highest BCUT2D eigenvalue weighted by Crippen LogP contribution is 2.20. The summed E-state index contributed by atoms with van der Waals surface area (Å²) in [5, 5.41) is 17.7. The van der Waals surface area contributed by atoms with Gasteiger partial charge in [-0.1, -0.05) is 80.6 Å². The highest BCUT2D eigenvalue weighted by atomic mass is 16.3. The number of aromatic hydroxyl groups is 1. The fourth-order valence-electron chi connectivity index (χ4n) is 4.49. The molecule has 216 valence electrons. The number of hydrogen-bond acceptors (Lipinski definition) is 5. The van der Waals surface area contributed by atoms with Gasteiger partial charge in [0.25, 0.3) is 0 Å². The molecule has 0 fully saturated rings. The Hall–Kier alpha value is -4.66. The van der Waals surface area contributed by atoms with E-state index in [0.29, 0.717) is 12.0 Å². The number of phenolic OH excluding ortho intramolecular Hbond substituents is 1. The molecular formula is C32H38N4O5. The van der Waals surface area contributed by atoms with Gasteiger partial charge in [0.15, 0.2) is 0 Å². The summed E-state index contributed by atoms with van der Waals surface area (Å²) >= 11 is 0. The van der Waals surface area contributed by atoms with E-state index in [-0.39, 0.29) is 30.4 Å². The number of carbonyl (C=O) groups excluding carboxylic acids is 4. The van der Waals surface area contributed by atoms with E-state index in [4.69, 9.17) is 5.73 Å². The third kappa shape index (κ3) is 9.79. The van der Waals surface area contributed by atoms with Gasteiger partial charge in [-0.25, -0.2) is 0 Å². The maximum absolute atomic E-state index is 13.5. The number of benzene rings is 3. The smallest absolute Gasteiger partial charge is 0.243 e. The lowest BCUT2D eigenvalue weighted by atomic mass is 9.99. The van der Waals surface area contributed by atoms with Gasteiger partial charge in [0, 0.05) is 19.8 Å². The topological polar surface area (TPSA) is 151 Å². The van der Waals surface area contributed by atoms with E-state index < -0.39 is 35.8 Å². The van der Waals surface area contributed by atoms with Gasteiger partial charge in [-0.15, -0.1) is 0 Å². The van der Waals surface area contributed by atoms with Crippen molar-refractivity contribution in [2.75, 3.05) is 0 Å². The first-order chi connectivity index (χ1) is 19.5. The molecule has 3 atom stereocenters. The molecule has 0 aliphatic rings. The molecule has 0 saturated carbocycles. The van der Waals surface area contributed by atoms with Crippen LogP contribution in [0.15, 0.2) is 78.9 Å². The fourth-order valence-corrected chi connectivity index (χ4v) is 4.49. The predicted molar refractivity (Wildman–Crippen MR) is 158 cm³/mol. The molecule has 0 aliphatic carbocycles. The van der Waals surface area contributed by atoms with Gasteiger partial charge in [0.05, 0.1) is 0 Å². The minimum absolute atomic E-state index is 0.0634. The molecule has 4 amide bonds. The highest BCUT2D eigenvalue weighted by Gasteiger charge is 2.29. The summed E-state index contributed by atoms with van der Waals surface area (Å²) in [6.07, 6.45) is 0.628. The molecule has 41 heavy (non-hydrogen) atoms. The number of hydrogen-bond donors (Lipinski definition) is 5. The van der Waals surface area contributed by atoms with Crippen LogP contribution in [0.4, 0.5) is 0 Å². The molecule has 0 heterocycles. The number of carbonyl (C=O) groups is 4. The molecule has 0 spiro atoms. The van der Waals surface area contributed by atoms with Crippen molar-refractivity contribution < 1.29 is 24.3 Å². The minimum atomic E-state index is -1.07. The largest absolute Gasteiger partial charge is 0.508 e. The van der Waals surface area contributed by atoms with Crippen LogP contribution >= 0.6 is 0 Å². The van der Waals surface area contributed by atoms with Crippen LogP contribution in [0.1, 0.15) is 38.3 Å². The molecule has 3 rings (SSSR count). The minimum Gasteiger partial charge on any atom is -0.508 e. The first-order valence-corrected chi connectivity index (χ1v) is 13.6. The molecule has 6 N–H and O–H groups in total. The van der Waals surface area contributed by atoms with Crippen molar-refractivity contribution in [3.05, 3.63) is 90.0 Å². The molecule has 9 nitrogen and oxygen atoms in total. The van der Waals surface area contributed by atoms with Crippen molar-refractivity contribution in [3.8, 4) is 16.9 Å². The van der Waals surface area contributed by atoms with E-state index in [2.05, 4.69) is 16.0 Å². The Morgan fingerprint density at radius 2 is 1.17 bits per heavy atom. The van der Waals surface area contributed by atoms with E-state index in [1.807, 2.05) is 68.4 Å². The summed E-state index contributed by atoms with van der Waals surface area (Å²) in [4.78, 5) is 50.8. The molecule has 0 unspecified atom stereocenters. The molecule has 3 aromatic carbocycles. The second-order valence-corrected chi connectivity index (χ2v) is 10.5. The summed E-state index contributed by atoms with van der Waals surface area (Å²) in [5.74, 6) is -2.02. The van der Waals surface area contributed by atoms with Gasteiger partial charge in [0.2, 0.25) is 23.6 Å². The average molecular weight is 559 g/mol. The molecule has 9 heteroatoms. The van der Waals surface area contributed by atoms with Crippen LogP contribution in [0.2, 0.25) is 0 Å². The van der Waals surface area contributed by atoms with Crippen molar-refractivity contribution in [2.24, 2.45) is 11.7 Å². The Morgan fingerprint density at radius 3 is 1.71 bits per heavy atom. The molecule has 0 aliphatic heterocycles. The second-order valence-electron chi connectivity index (χ2n) is 10.5. The zero-order chi connectivity index (χ0) is 29.9. The van der Waals surface area contributed by atoms with Gasteiger partial charge >= 0.3 is 0 Å². The van der Waals surface area contributed by atoms with E-state index >= 15 is 0 Å². The van der Waals surface area contributed by atoms with Crippen molar-refractivity contribution in [1.29, 1.82) is 0 Å². The first kappa shape index (κ1) is 30.9. The van der Waals surface area contributed by atoms with Crippen LogP contribution < -0.4 is 21.7 Å². The summed E-state index contributed by atoms with van der Waals surface area (Å²) in [7, 11) is 0. The maximum atomic E-state index is 13.5. The molecule has 0 radical (unpaired) electrons. The summed E-state index contributed by atoms with van der Waals surface area (Å²) in [6, 6.07) is 20.8. The normalized spacial score (nSPS) is 13.1. The predicted octanol–water partition coefficient (Wildman–Crippen LogP) is 2.85. The Kier molecular flexibility index (Phi) is 11.0. The lowest BCUT2D eigenvalue weighted by Crippen LogP contribution is -2.57. The van der Waals surface area contributed by atoms with Gasteiger partial charge in [-0.3, -0.25) is 19.2 Å². The second kappa shape index (κ2) is 14.6. The van der Waals surface area contributed by atoms with Crippen LogP contribution in [0.5, 0.6) is 5.75 Å². The Balaban J connectivity index is 1.78. The fraction of sp³-hybridized carbons (Fsp3) is 0.312. The van der Waals surface area contributed by atoms with Crippen molar-refractivity contribution in [3.63, 3.8) is 0 Å². The summed E-state index contributed by atoms with van der Waals surface area (Å²) in [5.41, 5.74) is 9.22. The van der Waals surface area contributed by atoms with Crippen molar-refractivity contribution >= 4 is 23.6 Å². The standard InChI is InChI=1S/C32H38N4O5/c1-20(2)17-28(34-21(3)37)31(40)36-29(19-23-11-15-26(38)16-12-23)32(41)35-27(30(33)39)18-22-9-13-25(14-10-22)24-7-5-4-6-8-24/h4-16,20,27-29,38H,17-19H2,1-3H3,(H2,33,39)(H,34,37)(H,35,41)(H,36,40)/t27-,28-,29-/m0/s1. The van der Waals surface area contributed by atoms with E-state index in [1.54, 1.807) is 12.1 Å². The van der Waals surface area contributed by atoms with E-state index in [1.165, 1.54) is 19.1 Å². The number of phenols is 1. The van der Waals surface area contributed by atoms with Crippen molar-refractivity contribution in [1.82, 2.24) is 16.0 Å². The lowest BCUT2D eigenvalue weighted by Gasteiger charge is -2.25. The number of rotatable bonds is 13. The third-order valence-corrected chi connectivity index (χ3v) is 6.57. The molecular weight excluding hydrogens is 520 g/mol. The van der Waals surface area contributed by atoms with Crippen LogP contribution in [0.25, 0.3) is 11.1 Å².